The van der Waals surface area contributed by atoms with Gasteiger partial charge in [0.15, 0.2) is 0 Å². The van der Waals surface area contributed by atoms with Gasteiger partial charge in [-0.05, 0) is 13.8 Å². The smallest absolute Gasteiger partial charge is 0.401 e. The summed E-state index contributed by atoms with van der Waals surface area (Å²) in [6.45, 7) is 0.745. The predicted octanol–water partition coefficient (Wildman–Crippen LogP) is 0.721. The minimum Gasteiger partial charge on any atom is -0.480 e. The van der Waals surface area contributed by atoms with E-state index in [1.165, 1.54) is 0 Å². The number of hydrogen-bond acceptors (Lipinski definition) is 4. The zero-order valence-corrected chi connectivity index (χ0v) is 10.3. The molecule has 0 rings (SSSR count). The van der Waals surface area contributed by atoms with Crippen LogP contribution in [0.2, 0.25) is 0 Å². The number of carboxylic acid groups (broad SMARTS) is 1. The lowest BCUT2D eigenvalue weighted by atomic mass is 10.3. The van der Waals surface area contributed by atoms with Crippen LogP contribution in [0.1, 0.15) is 13.8 Å². The fourth-order valence-electron chi connectivity index (χ4n) is 1.28. The fourth-order valence-corrected chi connectivity index (χ4v) is 1.28. The summed E-state index contributed by atoms with van der Waals surface area (Å²) < 4.78 is 41.6. The zero-order valence-electron chi connectivity index (χ0n) is 10.3. The van der Waals surface area contributed by atoms with Gasteiger partial charge in [0.2, 0.25) is 0 Å². The Morgan fingerprint density at radius 3 is 2.33 bits per heavy atom. The number of hydrogen-bond donors (Lipinski definition) is 2. The van der Waals surface area contributed by atoms with Crippen LogP contribution in [0.15, 0.2) is 0 Å². The van der Waals surface area contributed by atoms with Crippen LogP contribution in [0.25, 0.3) is 0 Å². The summed E-state index contributed by atoms with van der Waals surface area (Å²) in [4.78, 5) is 11.0. The highest BCUT2D eigenvalue weighted by molar-refractivity contribution is 5.69. The molecule has 0 radical (unpaired) electrons. The van der Waals surface area contributed by atoms with Crippen LogP contribution in [0.3, 0.4) is 0 Å². The molecule has 0 aliphatic rings. The van der Waals surface area contributed by atoms with E-state index in [1.807, 2.05) is 0 Å². The normalized spacial score (nSPS) is 14.2. The van der Waals surface area contributed by atoms with Gasteiger partial charge >= 0.3 is 12.1 Å². The average Bonchev–Trinajstić information content (AvgIpc) is 2.10. The Morgan fingerprint density at radius 2 is 1.94 bits per heavy atom. The predicted molar refractivity (Wildman–Crippen MR) is 57.2 cm³/mol. The highest BCUT2D eigenvalue weighted by atomic mass is 19.4. The number of carboxylic acids is 1. The molecule has 0 saturated heterocycles. The van der Waals surface area contributed by atoms with E-state index < -0.39 is 37.9 Å². The molecule has 0 bridgehead atoms. The Hall–Kier alpha value is -0.860. The van der Waals surface area contributed by atoms with Crippen molar-refractivity contribution >= 4 is 5.97 Å². The molecule has 1 unspecified atom stereocenters. The van der Waals surface area contributed by atoms with E-state index in [0.717, 1.165) is 0 Å². The van der Waals surface area contributed by atoms with Gasteiger partial charge in [-0.1, -0.05) is 0 Å². The number of rotatable bonds is 8. The van der Waals surface area contributed by atoms with Crippen LogP contribution in [-0.2, 0) is 9.53 Å². The number of aliphatic hydroxyl groups excluding tert-OH is 1. The number of halogens is 3. The van der Waals surface area contributed by atoms with E-state index in [4.69, 9.17) is 9.84 Å². The summed E-state index contributed by atoms with van der Waals surface area (Å²) in [7, 11) is 0. The number of aliphatic carboxylic acids is 1. The van der Waals surface area contributed by atoms with E-state index >= 15 is 0 Å². The monoisotopic (exact) mass is 273 g/mol. The van der Waals surface area contributed by atoms with Crippen LogP contribution in [0.4, 0.5) is 13.2 Å². The van der Waals surface area contributed by atoms with Gasteiger partial charge in [-0.2, -0.15) is 13.2 Å². The minimum absolute atomic E-state index is 0.133. The van der Waals surface area contributed by atoms with Crippen molar-refractivity contribution in [2.24, 2.45) is 0 Å². The third-order valence-corrected chi connectivity index (χ3v) is 1.85. The molecule has 1 atom stereocenters. The highest BCUT2D eigenvalue weighted by Crippen LogP contribution is 2.16. The standard InChI is InChI=1S/C10H18F3NO4/c1-7(2)18-5-8(15)3-14(4-9(16)17)6-10(11,12)13/h7-8,15H,3-6H2,1-2H3,(H,16,17). The molecule has 0 spiro atoms. The van der Waals surface area contributed by atoms with Crippen LogP contribution < -0.4 is 0 Å². The first-order chi connectivity index (χ1) is 8.10. The third kappa shape index (κ3) is 10.3. The van der Waals surface area contributed by atoms with Crippen molar-refractivity contribution in [3.8, 4) is 0 Å². The molecule has 0 saturated carbocycles. The first-order valence-corrected chi connectivity index (χ1v) is 5.40. The van der Waals surface area contributed by atoms with Crippen LogP contribution in [0.5, 0.6) is 0 Å². The third-order valence-electron chi connectivity index (χ3n) is 1.85. The molecule has 18 heavy (non-hydrogen) atoms. The molecule has 0 heterocycles. The van der Waals surface area contributed by atoms with Gasteiger partial charge in [-0.25, -0.2) is 0 Å². The van der Waals surface area contributed by atoms with Gasteiger partial charge in [0.1, 0.15) is 0 Å². The van der Waals surface area contributed by atoms with Crippen molar-refractivity contribution in [2.75, 3.05) is 26.2 Å². The molecule has 0 aliphatic carbocycles. The lowest BCUT2D eigenvalue weighted by molar-refractivity contribution is -0.157. The first kappa shape index (κ1) is 17.1. The van der Waals surface area contributed by atoms with Crippen molar-refractivity contribution in [3.63, 3.8) is 0 Å². The van der Waals surface area contributed by atoms with Crippen molar-refractivity contribution in [3.05, 3.63) is 0 Å². The van der Waals surface area contributed by atoms with Gasteiger partial charge in [-0.3, -0.25) is 9.69 Å². The maximum atomic E-state index is 12.2. The van der Waals surface area contributed by atoms with Crippen molar-refractivity contribution in [1.29, 1.82) is 0 Å². The maximum absolute atomic E-state index is 12.2. The maximum Gasteiger partial charge on any atom is 0.401 e. The van der Waals surface area contributed by atoms with E-state index in [9.17, 15) is 23.1 Å². The zero-order chi connectivity index (χ0) is 14.3. The van der Waals surface area contributed by atoms with E-state index in [0.29, 0.717) is 4.90 Å². The largest absolute Gasteiger partial charge is 0.480 e. The summed E-state index contributed by atoms with van der Waals surface area (Å²) in [5.41, 5.74) is 0. The molecule has 0 aromatic heterocycles. The van der Waals surface area contributed by atoms with Crippen molar-refractivity contribution in [1.82, 2.24) is 4.90 Å². The van der Waals surface area contributed by atoms with Gasteiger partial charge in [0, 0.05) is 6.54 Å². The fraction of sp³-hybridized carbons (Fsp3) is 0.900. The molecule has 8 heteroatoms. The Labute approximate surface area is 103 Å². The van der Waals surface area contributed by atoms with Gasteiger partial charge in [0.25, 0.3) is 0 Å². The number of aliphatic hydroxyl groups is 1. The lowest BCUT2D eigenvalue weighted by Gasteiger charge is -2.24. The highest BCUT2D eigenvalue weighted by Gasteiger charge is 2.32. The number of carbonyl (C=O) groups is 1. The van der Waals surface area contributed by atoms with E-state index in [1.54, 1.807) is 13.8 Å². The number of nitrogens with zero attached hydrogens (tertiary/aromatic N) is 1. The summed E-state index contributed by atoms with van der Waals surface area (Å²) >= 11 is 0. The molecule has 0 amide bonds. The van der Waals surface area contributed by atoms with Gasteiger partial charge in [-0.15, -0.1) is 0 Å². The molecule has 108 valence electrons. The van der Waals surface area contributed by atoms with Gasteiger partial charge < -0.3 is 14.9 Å². The minimum atomic E-state index is -4.51. The summed E-state index contributed by atoms with van der Waals surface area (Å²) in [5.74, 6) is -1.38. The summed E-state index contributed by atoms with van der Waals surface area (Å²) in [6.07, 6.45) is -5.82. The quantitative estimate of drug-likeness (QED) is 0.682. The van der Waals surface area contributed by atoms with Crippen molar-refractivity contribution < 1.29 is 32.9 Å². The van der Waals surface area contributed by atoms with E-state index in [-0.39, 0.29) is 12.7 Å². The average molecular weight is 273 g/mol. The van der Waals surface area contributed by atoms with Crippen molar-refractivity contribution in [2.45, 2.75) is 32.2 Å². The van der Waals surface area contributed by atoms with Crippen LogP contribution in [0, 0.1) is 0 Å². The Kier molecular flexibility index (Phi) is 7.19. The lowest BCUT2D eigenvalue weighted by Crippen LogP contribution is -2.43. The molecular formula is C10H18F3NO4. The molecular weight excluding hydrogens is 255 g/mol. The van der Waals surface area contributed by atoms with Crippen LogP contribution in [-0.4, -0.2) is 65.7 Å². The molecule has 0 aromatic carbocycles. The molecule has 0 aliphatic heterocycles. The second-order valence-electron chi connectivity index (χ2n) is 4.21. The van der Waals surface area contributed by atoms with Gasteiger partial charge in [0.05, 0.1) is 31.9 Å². The Balaban J connectivity index is 4.26. The number of alkyl halides is 3. The van der Waals surface area contributed by atoms with Crippen LogP contribution >= 0.6 is 0 Å². The molecule has 5 nitrogen and oxygen atoms in total. The summed E-state index contributed by atoms with van der Waals surface area (Å²) in [5, 5.41) is 17.9. The number of ether oxygens (including phenoxy) is 1. The summed E-state index contributed by atoms with van der Waals surface area (Å²) in [6, 6.07) is 0. The van der Waals surface area contributed by atoms with E-state index in [2.05, 4.69) is 0 Å². The Morgan fingerprint density at radius 1 is 1.39 bits per heavy atom. The Bertz CT molecular complexity index is 258. The molecule has 0 fully saturated rings. The molecule has 2 N–H and O–H groups in total. The SMILES string of the molecule is CC(C)OCC(O)CN(CC(=O)O)CC(F)(F)F. The first-order valence-electron chi connectivity index (χ1n) is 5.40. The second kappa shape index (κ2) is 7.55. The molecule has 0 aromatic rings. The topological polar surface area (TPSA) is 70.0 Å². The second-order valence-corrected chi connectivity index (χ2v) is 4.21.